The predicted molar refractivity (Wildman–Crippen MR) is 72.5 cm³/mol. The van der Waals surface area contributed by atoms with E-state index in [0.29, 0.717) is 6.54 Å². The fraction of sp³-hybridized carbons (Fsp3) is 0.600. The molecule has 1 aromatic rings. The van der Waals surface area contributed by atoms with Gasteiger partial charge in [0.2, 0.25) is 0 Å². The molecule has 100 valence electrons. The number of hydrogen-bond acceptors (Lipinski definition) is 3. The highest BCUT2D eigenvalue weighted by atomic mass is 16.3. The van der Waals surface area contributed by atoms with Crippen molar-refractivity contribution in [2.75, 3.05) is 19.6 Å². The zero-order chi connectivity index (χ0) is 13.0. The van der Waals surface area contributed by atoms with Crippen molar-refractivity contribution in [3.05, 3.63) is 35.4 Å². The number of β-amino-alcohol motifs (C(OH)–C–C–N with tert-alkyl or cyclic N) is 1. The standard InChI is InChI=1S/C15H23NO2/c1-2-12-3-5-13(6-4-12)15(18)11-16-9-7-14(17)8-10-16/h3-6,14-15,17-18H,2,7-11H2,1H3. The second kappa shape index (κ2) is 6.32. The lowest BCUT2D eigenvalue weighted by Crippen LogP contribution is -2.38. The van der Waals surface area contributed by atoms with Gasteiger partial charge in [-0.1, -0.05) is 31.2 Å². The maximum atomic E-state index is 10.2. The number of nitrogens with zero attached hydrogens (tertiary/aromatic N) is 1. The molecule has 0 aliphatic carbocycles. The minimum absolute atomic E-state index is 0.151. The SMILES string of the molecule is CCc1ccc(C(O)CN2CCC(O)CC2)cc1. The van der Waals surface area contributed by atoms with Crippen molar-refractivity contribution in [2.45, 2.75) is 38.4 Å². The van der Waals surface area contributed by atoms with Gasteiger partial charge in [0.1, 0.15) is 0 Å². The van der Waals surface area contributed by atoms with Crippen LogP contribution in [0.15, 0.2) is 24.3 Å². The summed E-state index contributed by atoms with van der Waals surface area (Å²) < 4.78 is 0. The summed E-state index contributed by atoms with van der Waals surface area (Å²) in [4.78, 5) is 2.23. The maximum absolute atomic E-state index is 10.2. The van der Waals surface area contributed by atoms with Crippen LogP contribution in [0.2, 0.25) is 0 Å². The Morgan fingerprint density at radius 1 is 1.22 bits per heavy atom. The zero-order valence-electron chi connectivity index (χ0n) is 11.0. The Morgan fingerprint density at radius 2 is 1.83 bits per heavy atom. The second-order valence-corrected chi connectivity index (χ2v) is 5.14. The lowest BCUT2D eigenvalue weighted by Gasteiger charge is -2.31. The largest absolute Gasteiger partial charge is 0.393 e. The number of rotatable bonds is 4. The van der Waals surface area contributed by atoms with Crippen molar-refractivity contribution >= 4 is 0 Å². The molecule has 2 N–H and O–H groups in total. The number of benzene rings is 1. The highest BCUT2D eigenvalue weighted by molar-refractivity contribution is 5.24. The van der Waals surface area contributed by atoms with Gasteiger partial charge in [0, 0.05) is 19.6 Å². The van der Waals surface area contributed by atoms with E-state index in [-0.39, 0.29) is 6.10 Å². The van der Waals surface area contributed by atoms with Crippen LogP contribution in [-0.2, 0) is 6.42 Å². The molecule has 1 fully saturated rings. The third kappa shape index (κ3) is 3.55. The Kier molecular flexibility index (Phi) is 4.75. The molecule has 1 unspecified atom stereocenters. The van der Waals surface area contributed by atoms with E-state index in [0.717, 1.165) is 37.9 Å². The number of aliphatic hydroxyl groups excluding tert-OH is 2. The molecule has 1 saturated heterocycles. The van der Waals surface area contributed by atoms with Crippen LogP contribution in [0.4, 0.5) is 0 Å². The quantitative estimate of drug-likeness (QED) is 0.854. The Balaban J connectivity index is 1.88. The summed E-state index contributed by atoms with van der Waals surface area (Å²) in [6, 6.07) is 8.20. The van der Waals surface area contributed by atoms with Crippen molar-refractivity contribution < 1.29 is 10.2 Å². The van der Waals surface area contributed by atoms with Crippen LogP contribution >= 0.6 is 0 Å². The first-order valence-electron chi connectivity index (χ1n) is 6.86. The molecule has 0 aromatic heterocycles. The smallest absolute Gasteiger partial charge is 0.0916 e. The summed E-state index contributed by atoms with van der Waals surface area (Å²) in [6.07, 6.45) is 2.09. The molecule has 1 aromatic carbocycles. The normalized spacial score (nSPS) is 19.9. The van der Waals surface area contributed by atoms with E-state index in [2.05, 4.69) is 24.0 Å². The van der Waals surface area contributed by atoms with Gasteiger partial charge in [0.15, 0.2) is 0 Å². The first-order chi connectivity index (χ1) is 8.69. The number of hydrogen-bond donors (Lipinski definition) is 2. The van der Waals surface area contributed by atoms with Crippen molar-refractivity contribution in [1.82, 2.24) is 4.90 Å². The van der Waals surface area contributed by atoms with E-state index >= 15 is 0 Å². The van der Waals surface area contributed by atoms with Crippen LogP contribution in [0.3, 0.4) is 0 Å². The molecule has 2 rings (SSSR count). The monoisotopic (exact) mass is 249 g/mol. The average molecular weight is 249 g/mol. The molecule has 1 atom stereocenters. The van der Waals surface area contributed by atoms with Crippen molar-refractivity contribution in [3.63, 3.8) is 0 Å². The number of aliphatic hydroxyl groups is 2. The molecule has 0 bridgehead atoms. The van der Waals surface area contributed by atoms with Crippen molar-refractivity contribution in [2.24, 2.45) is 0 Å². The molecule has 3 nitrogen and oxygen atoms in total. The highest BCUT2D eigenvalue weighted by Gasteiger charge is 2.19. The molecule has 1 aliphatic rings. The van der Waals surface area contributed by atoms with Crippen molar-refractivity contribution in [1.29, 1.82) is 0 Å². The molecule has 1 aliphatic heterocycles. The first kappa shape index (κ1) is 13.5. The van der Waals surface area contributed by atoms with Gasteiger partial charge in [-0.15, -0.1) is 0 Å². The molecule has 0 amide bonds. The molecule has 1 heterocycles. The Morgan fingerprint density at radius 3 is 2.39 bits per heavy atom. The molecule has 0 spiro atoms. The Labute approximate surface area is 109 Å². The van der Waals surface area contributed by atoms with Gasteiger partial charge in [-0.2, -0.15) is 0 Å². The maximum Gasteiger partial charge on any atom is 0.0916 e. The third-order valence-electron chi connectivity index (χ3n) is 3.76. The molecule has 3 heteroatoms. The second-order valence-electron chi connectivity index (χ2n) is 5.14. The molecule has 0 saturated carbocycles. The summed E-state index contributed by atoms with van der Waals surface area (Å²) >= 11 is 0. The summed E-state index contributed by atoms with van der Waals surface area (Å²) in [5, 5.41) is 19.6. The van der Waals surface area contributed by atoms with E-state index in [4.69, 9.17) is 0 Å². The number of piperidine rings is 1. The highest BCUT2D eigenvalue weighted by Crippen LogP contribution is 2.18. The van der Waals surface area contributed by atoms with E-state index in [1.807, 2.05) is 12.1 Å². The van der Waals surface area contributed by atoms with Gasteiger partial charge < -0.3 is 15.1 Å². The Bertz CT molecular complexity index is 355. The molecular formula is C15H23NO2. The minimum atomic E-state index is -0.425. The number of aryl methyl sites for hydroxylation is 1. The van der Waals surface area contributed by atoms with Crippen LogP contribution in [0.25, 0.3) is 0 Å². The van der Waals surface area contributed by atoms with Gasteiger partial charge in [-0.25, -0.2) is 0 Å². The van der Waals surface area contributed by atoms with E-state index in [1.165, 1.54) is 5.56 Å². The Hall–Kier alpha value is -0.900. The van der Waals surface area contributed by atoms with E-state index in [9.17, 15) is 10.2 Å². The van der Waals surface area contributed by atoms with Gasteiger partial charge in [-0.05, 0) is 30.4 Å². The van der Waals surface area contributed by atoms with Crippen LogP contribution in [-0.4, -0.2) is 40.9 Å². The van der Waals surface area contributed by atoms with Crippen LogP contribution < -0.4 is 0 Å². The van der Waals surface area contributed by atoms with Gasteiger partial charge in [-0.3, -0.25) is 0 Å². The topological polar surface area (TPSA) is 43.7 Å². The molecule has 0 radical (unpaired) electrons. The lowest BCUT2D eigenvalue weighted by molar-refractivity contribution is 0.0508. The molecule has 18 heavy (non-hydrogen) atoms. The summed E-state index contributed by atoms with van der Waals surface area (Å²) in [5.74, 6) is 0. The van der Waals surface area contributed by atoms with Crippen LogP contribution in [0.1, 0.15) is 37.0 Å². The fourth-order valence-corrected chi connectivity index (χ4v) is 2.43. The summed E-state index contributed by atoms with van der Waals surface area (Å²) in [5.41, 5.74) is 2.28. The van der Waals surface area contributed by atoms with Gasteiger partial charge in [0.25, 0.3) is 0 Å². The minimum Gasteiger partial charge on any atom is -0.393 e. The van der Waals surface area contributed by atoms with Gasteiger partial charge >= 0.3 is 0 Å². The fourth-order valence-electron chi connectivity index (χ4n) is 2.43. The van der Waals surface area contributed by atoms with Gasteiger partial charge in [0.05, 0.1) is 12.2 Å². The van der Waals surface area contributed by atoms with Crippen LogP contribution in [0.5, 0.6) is 0 Å². The van der Waals surface area contributed by atoms with Crippen molar-refractivity contribution in [3.8, 4) is 0 Å². The summed E-state index contributed by atoms with van der Waals surface area (Å²) in [7, 11) is 0. The summed E-state index contributed by atoms with van der Waals surface area (Å²) in [6.45, 7) is 4.55. The number of likely N-dealkylation sites (tertiary alicyclic amines) is 1. The lowest BCUT2D eigenvalue weighted by atomic mass is 10.0. The van der Waals surface area contributed by atoms with Crippen LogP contribution in [0, 0.1) is 0 Å². The average Bonchev–Trinajstić information content (AvgIpc) is 2.41. The van der Waals surface area contributed by atoms with E-state index in [1.54, 1.807) is 0 Å². The predicted octanol–water partition coefficient (Wildman–Crippen LogP) is 1.74. The first-order valence-corrected chi connectivity index (χ1v) is 6.86. The zero-order valence-corrected chi connectivity index (χ0v) is 11.0. The third-order valence-corrected chi connectivity index (χ3v) is 3.76. The van der Waals surface area contributed by atoms with E-state index < -0.39 is 6.10 Å². The molecular weight excluding hydrogens is 226 g/mol.